The molecule has 7 heteroatoms. The Morgan fingerprint density at radius 1 is 1.28 bits per heavy atom. The molecule has 0 aliphatic rings. The summed E-state index contributed by atoms with van der Waals surface area (Å²) in [7, 11) is 0. The number of anilines is 2. The number of hydrogen-bond donors (Lipinski definition) is 2. The number of benzene rings is 1. The van der Waals surface area contributed by atoms with Crippen molar-refractivity contribution >= 4 is 17.4 Å². The van der Waals surface area contributed by atoms with E-state index in [-0.39, 0.29) is 17.8 Å². The van der Waals surface area contributed by atoms with E-state index in [1.807, 2.05) is 36.7 Å². The van der Waals surface area contributed by atoms with Crippen molar-refractivity contribution in [2.45, 2.75) is 19.9 Å². The molecule has 0 saturated heterocycles. The van der Waals surface area contributed by atoms with Gasteiger partial charge in [-0.1, -0.05) is 0 Å². The van der Waals surface area contributed by atoms with E-state index in [4.69, 9.17) is 11.0 Å². The Hall–Kier alpha value is -3.53. The first kappa shape index (κ1) is 16.3. The number of hydrogen-bond acceptors (Lipinski definition) is 4. The van der Waals surface area contributed by atoms with Gasteiger partial charge in [-0.05, 0) is 50.2 Å². The Bertz CT molecular complexity index is 943. The van der Waals surface area contributed by atoms with Gasteiger partial charge in [-0.25, -0.2) is 4.68 Å². The van der Waals surface area contributed by atoms with Crippen LogP contribution in [0.25, 0.3) is 5.69 Å². The number of nitrogen functional groups attached to an aromatic ring is 1. The first-order valence-corrected chi connectivity index (χ1v) is 7.83. The third-order valence-electron chi connectivity index (χ3n) is 3.86. The molecule has 7 nitrogen and oxygen atoms in total. The molecule has 2 heterocycles. The van der Waals surface area contributed by atoms with Gasteiger partial charge >= 0.3 is 0 Å². The van der Waals surface area contributed by atoms with Crippen LogP contribution in [0, 0.1) is 11.3 Å². The lowest BCUT2D eigenvalue weighted by molar-refractivity contribution is 0.101. The topological polar surface area (TPSA) is 102 Å². The Morgan fingerprint density at radius 3 is 2.60 bits per heavy atom. The van der Waals surface area contributed by atoms with Gasteiger partial charge in [0.05, 0.1) is 11.9 Å². The summed E-state index contributed by atoms with van der Waals surface area (Å²) in [4.78, 5) is 12.4. The van der Waals surface area contributed by atoms with Gasteiger partial charge < -0.3 is 15.6 Å². The van der Waals surface area contributed by atoms with Gasteiger partial charge in [-0.15, -0.1) is 0 Å². The van der Waals surface area contributed by atoms with Gasteiger partial charge in [-0.2, -0.15) is 10.4 Å². The van der Waals surface area contributed by atoms with E-state index in [2.05, 4.69) is 10.4 Å². The van der Waals surface area contributed by atoms with E-state index in [9.17, 15) is 4.79 Å². The first-order valence-electron chi connectivity index (χ1n) is 7.83. The van der Waals surface area contributed by atoms with Gasteiger partial charge in [0.25, 0.3) is 5.91 Å². The van der Waals surface area contributed by atoms with Crippen LogP contribution in [0.3, 0.4) is 0 Å². The Morgan fingerprint density at radius 2 is 2.00 bits per heavy atom. The highest BCUT2D eigenvalue weighted by Crippen LogP contribution is 2.19. The lowest BCUT2D eigenvalue weighted by Gasteiger charge is -2.13. The molecular formula is C18H18N6O. The van der Waals surface area contributed by atoms with E-state index in [1.54, 1.807) is 30.3 Å². The second-order valence-electron chi connectivity index (χ2n) is 5.86. The predicted molar refractivity (Wildman–Crippen MR) is 95.5 cm³/mol. The lowest BCUT2D eigenvalue weighted by Crippen LogP contribution is -2.17. The highest BCUT2D eigenvalue weighted by molar-refractivity contribution is 6.03. The van der Waals surface area contributed by atoms with Gasteiger partial charge in [0, 0.05) is 17.9 Å². The van der Waals surface area contributed by atoms with Crippen LogP contribution in [0.2, 0.25) is 0 Å². The number of nitrogens with two attached hydrogens (primary N) is 1. The molecule has 0 spiro atoms. The van der Waals surface area contributed by atoms with Crippen LogP contribution in [0.5, 0.6) is 0 Å². The number of nitrogens with zero attached hydrogens (tertiary/aromatic N) is 4. The van der Waals surface area contributed by atoms with Crippen molar-refractivity contribution in [2.75, 3.05) is 11.1 Å². The average molecular weight is 334 g/mol. The van der Waals surface area contributed by atoms with Crippen LogP contribution >= 0.6 is 0 Å². The second-order valence-corrected chi connectivity index (χ2v) is 5.86. The molecule has 1 aromatic carbocycles. The third-order valence-corrected chi connectivity index (χ3v) is 3.86. The van der Waals surface area contributed by atoms with Crippen LogP contribution < -0.4 is 11.1 Å². The van der Waals surface area contributed by atoms with Crippen molar-refractivity contribution in [1.82, 2.24) is 14.3 Å². The fourth-order valence-corrected chi connectivity index (χ4v) is 2.57. The number of rotatable bonds is 4. The summed E-state index contributed by atoms with van der Waals surface area (Å²) >= 11 is 0. The lowest BCUT2D eigenvalue weighted by atomic mass is 10.2. The van der Waals surface area contributed by atoms with Crippen molar-refractivity contribution in [3.05, 3.63) is 60.0 Å². The summed E-state index contributed by atoms with van der Waals surface area (Å²) in [6.07, 6.45) is 3.31. The zero-order chi connectivity index (χ0) is 18.0. The minimum absolute atomic E-state index is 0.170. The van der Waals surface area contributed by atoms with Crippen LogP contribution in [-0.4, -0.2) is 20.3 Å². The molecule has 25 heavy (non-hydrogen) atoms. The van der Waals surface area contributed by atoms with Gasteiger partial charge in [-0.3, -0.25) is 4.79 Å². The summed E-state index contributed by atoms with van der Waals surface area (Å²) in [5.41, 5.74) is 8.18. The molecule has 1 amide bonds. The van der Waals surface area contributed by atoms with Crippen molar-refractivity contribution in [1.29, 1.82) is 5.26 Å². The summed E-state index contributed by atoms with van der Waals surface area (Å²) < 4.78 is 3.39. The summed E-state index contributed by atoms with van der Waals surface area (Å²) in [5, 5.41) is 15.9. The fraction of sp³-hybridized carbons (Fsp3) is 0.167. The highest BCUT2D eigenvalue weighted by Gasteiger charge is 2.13. The molecule has 0 unspecified atom stereocenters. The fourth-order valence-electron chi connectivity index (χ4n) is 2.57. The molecule has 0 bridgehead atoms. The summed E-state index contributed by atoms with van der Waals surface area (Å²) in [6, 6.07) is 12.9. The molecule has 0 saturated carbocycles. The van der Waals surface area contributed by atoms with Crippen LogP contribution in [0.15, 0.2) is 48.8 Å². The monoisotopic (exact) mass is 334 g/mol. The summed E-state index contributed by atoms with van der Waals surface area (Å²) in [5.74, 6) is 0.117. The molecule has 0 aliphatic heterocycles. The number of aromatic nitrogens is 3. The van der Waals surface area contributed by atoms with Crippen molar-refractivity contribution in [3.63, 3.8) is 0 Å². The largest absolute Gasteiger partial charge is 0.382 e. The van der Waals surface area contributed by atoms with E-state index < -0.39 is 0 Å². The van der Waals surface area contributed by atoms with E-state index in [0.29, 0.717) is 22.6 Å². The number of nitriles is 1. The maximum Gasteiger partial charge on any atom is 0.272 e. The Balaban J connectivity index is 1.79. The number of nitrogens with one attached hydrogen (secondary N) is 1. The van der Waals surface area contributed by atoms with Gasteiger partial charge in [0.1, 0.15) is 23.1 Å². The predicted octanol–water partition coefficient (Wildman–Crippen LogP) is 2.96. The molecule has 0 atom stereocenters. The van der Waals surface area contributed by atoms with Gasteiger partial charge in [0.2, 0.25) is 0 Å². The molecule has 0 fully saturated rings. The van der Waals surface area contributed by atoms with Gasteiger partial charge in [0.15, 0.2) is 0 Å². The van der Waals surface area contributed by atoms with Crippen LogP contribution in [0.1, 0.15) is 35.9 Å². The minimum atomic E-state index is -0.170. The van der Waals surface area contributed by atoms with Crippen LogP contribution in [0.4, 0.5) is 11.5 Å². The minimum Gasteiger partial charge on any atom is -0.382 e. The Kier molecular flexibility index (Phi) is 4.27. The van der Waals surface area contributed by atoms with E-state index in [1.165, 1.54) is 10.9 Å². The zero-order valence-corrected chi connectivity index (χ0v) is 14.0. The van der Waals surface area contributed by atoms with Crippen molar-refractivity contribution in [2.24, 2.45) is 0 Å². The highest BCUT2D eigenvalue weighted by atomic mass is 16.1. The number of amides is 1. The quantitative estimate of drug-likeness (QED) is 0.765. The molecule has 2 aromatic heterocycles. The average Bonchev–Trinajstić information content (AvgIpc) is 3.22. The SMILES string of the molecule is CC(C)n1cccc1C(=O)Nc1ccc(-n2ncc(C#N)c2N)cc1. The van der Waals surface area contributed by atoms with Crippen molar-refractivity contribution < 1.29 is 4.79 Å². The maximum atomic E-state index is 12.4. The smallest absolute Gasteiger partial charge is 0.272 e. The van der Waals surface area contributed by atoms with E-state index in [0.717, 1.165) is 0 Å². The summed E-state index contributed by atoms with van der Waals surface area (Å²) in [6.45, 7) is 4.05. The molecule has 3 rings (SSSR count). The normalized spacial score (nSPS) is 10.6. The first-order chi connectivity index (χ1) is 12.0. The molecule has 0 radical (unpaired) electrons. The number of carbonyl (C=O) groups is 1. The molecule has 126 valence electrons. The van der Waals surface area contributed by atoms with Crippen LogP contribution in [-0.2, 0) is 0 Å². The number of carbonyl (C=O) groups excluding carboxylic acids is 1. The maximum absolute atomic E-state index is 12.4. The Labute approximate surface area is 145 Å². The molecule has 3 N–H and O–H groups in total. The van der Waals surface area contributed by atoms with E-state index >= 15 is 0 Å². The molecule has 0 aliphatic carbocycles. The standard InChI is InChI=1S/C18H18N6O/c1-12(2)23-9-3-4-16(23)18(25)22-14-5-7-15(8-6-14)24-17(20)13(10-19)11-21-24/h3-9,11-12H,20H2,1-2H3,(H,22,25). The van der Waals surface area contributed by atoms with Crippen molar-refractivity contribution in [3.8, 4) is 11.8 Å². The second kappa shape index (κ2) is 6.53. The molecule has 3 aromatic rings. The third kappa shape index (κ3) is 3.10. The zero-order valence-electron chi connectivity index (χ0n) is 14.0. The molecular weight excluding hydrogens is 316 g/mol.